The van der Waals surface area contributed by atoms with Gasteiger partial charge < -0.3 is 15.4 Å². The molecular formula is C17H14Cl2N2O4. The van der Waals surface area contributed by atoms with Gasteiger partial charge in [0, 0.05) is 18.3 Å². The number of hydrogen-bond donors (Lipinski definition) is 2. The fourth-order valence-electron chi connectivity index (χ4n) is 1.95. The number of ether oxygens (including phenoxy) is 1. The summed E-state index contributed by atoms with van der Waals surface area (Å²) in [5, 5.41) is 5.45. The largest absolute Gasteiger partial charge is 0.452 e. The second-order valence-corrected chi connectivity index (χ2v) is 5.77. The van der Waals surface area contributed by atoms with Crippen molar-refractivity contribution in [3.8, 4) is 0 Å². The highest BCUT2D eigenvalue weighted by atomic mass is 35.5. The number of hydrogen-bond acceptors (Lipinski definition) is 4. The van der Waals surface area contributed by atoms with E-state index in [2.05, 4.69) is 10.6 Å². The van der Waals surface area contributed by atoms with Crippen LogP contribution in [-0.4, -0.2) is 24.4 Å². The molecule has 0 saturated heterocycles. The molecule has 8 heteroatoms. The van der Waals surface area contributed by atoms with Gasteiger partial charge in [-0.2, -0.15) is 0 Å². The van der Waals surface area contributed by atoms with Gasteiger partial charge in [0.1, 0.15) is 0 Å². The molecule has 0 spiro atoms. The molecular weight excluding hydrogens is 367 g/mol. The van der Waals surface area contributed by atoms with E-state index in [1.807, 2.05) is 0 Å². The molecule has 2 aromatic carbocycles. The van der Waals surface area contributed by atoms with Crippen LogP contribution in [-0.2, 0) is 14.3 Å². The molecule has 0 saturated carbocycles. The molecule has 2 amide bonds. The second kappa shape index (κ2) is 8.50. The molecule has 2 aromatic rings. The minimum Gasteiger partial charge on any atom is -0.452 e. The third-order valence-electron chi connectivity index (χ3n) is 2.97. The van der Waals surface area contributed by atoms with Gasteiger partial charge in [0.2, 0.25) is 5.91 Å². The van der Waals surface area contributed by atoms with Crippen LogP contribution in [0.2, 0.25) is 10.0 Å². The fourth-order valence-corrected chi connectivity index (χ4v) is 2.32. The predicted octanol–water partition coefficient (Wildman–Crippen LogP) is 3.75. The molecule has 2 N–H and O–H groups in total. The first-order valence-corrected chi connectivity index (χ1v) is 7.91. The lowest BCUT2D eigenvalue weighted by atomic mass is 10.2. The summed E-state index contributed by atoms with van der Waals surface area (Å²) in [7, 11) is 0. The lowest BCUT2D eigenvalue weighted by molar-refractivity contribution is -0.119. The SMILES string of the molecule is CC(=O)Nc1cccc(NC(=O)COC(=O)c2cccc(Cl)c2Cl)c1. The number of carbonyl (C=O) groups is 3. The molecule has 25 heavy (non-hydrogen) atoms. The topological polar surface area (TPSA) is 84.5 Å². The highest BCUT2D eigenvalue weighted by molar-refractivity contribution is 6.43. The molecule has 0 atom stereocenters. The van der Waals surface area contributed by atoms with Crippen LogP contribution in [0.3, 0.4) is 0 Å². The molecule has 0 bridgehead atoms. The van der Waals surface area contributed by atoms with Gasteiger partial charge in [-0.3, -0.25) is 9.59 Å². The number of benzene rings is 2. The van der Waals surface area contributed by atoms with Gasteiger partial charge in [0.15, 0.2) is 6.61 Å². The van der Waals surface area contributed by atoms with Crippen LogP contribution >= 0.6 is 23.2 Å². The van der Waals surface area contributed by atoms with E-state index in [4.69, 9.17) is 27.9 Å². The number of anilines is 2. The Hall–Kier alpha value is -2.57. The van der Waals surface area contributed by atoms with Crippen LogP contribution in [0, 0.1) is 0 Å². The number of nitrogens with one attached hydrogen (secondary N) is 2. The normalized spacial score (nSPS) is 10.0. The van der Waals surface area contributed by atoms with Crippen LogP contribution in [0.5, 0.6) is 0 Å². The van der Waals surface area contributed by atoms with Crippen LogP contribution in [0.15, 0.2) is 42.5 Å². The lowest BCUT2D eigenvalue weighted by Gasteiger charge is -2.09. The summed E-state index contributed by atoms with van der Waals surface area (Å²) in [6.45, 7) is 0.887. The first-order valence-electron chi connectivity index (χ1n) is 7.15. The minimum atomic E-state index is -0.755. The number of halogens is 2. The Labute approximate surface area is 154 Å². The minimum absolute atomic E-state index is 0.0672. The third kappa shape index (κ3) is 5.48. The van der Waals surface area contributed by atoms with Gasteiger partial charge in [0.05, 0.1) is 15.6 Å². The first kappa shape index (κ1) is 18.8. The molecule has 0 radical (unpaired) electrons. The van der Waals surface area contributed by atoms with E-state index < -0.39 is 18.5 Å². The Kier molecular flexibility index (Phi) is 6.38. The van der Waals surface area contributed by atoms with Gasteiger partial charge in [-0.1, -0.05) is 35.3 Å². The highest BCUT2D eigenvalue weighted by Gasteiger charge is 2.15. The molecule has 0 aromatic heterocycles. The molecule has 0 fully saturated rings. The molecule has 2 rings (SSSR count). The quantitative estimate of drug-likeness (QED) is 0.773. The van der Waals surface area contributed by atoms with Gasteiger partial charge in [-0.25, -0.2) is 4.79 Å². The maximum atomic E-state index is 12.0. The van der Waals surface area contributed by atoms with Crippen molar-refractivity contribution in [3.05, 3.63) is 58.1 Å². The van der Waals surface area contributed by atoms with Gasteiger partial charge in [-0.05, 0) is 30.3 Å². The molecule has 0 heterocycles. The van der Waals surface area contributed by atoms with Crippen LogP contribution in [0.25, 0.3) is 0 Å². The summed E-state index contributed by atoms with van der Waals surface area (Å²) in [6, 6.07) is 11.1. The monoisotopic (exact) mass is 380 g/mol. The summed E-state index contributed by atoms with van der Waals surface area (Å²) >= 11 is 11.8. The van der Waals surface area contributed by atoms with E-state index in [1.165, 1.54) is 19.1 Å². The zero-order valence-electron chi connectivity index (χ0n) is 13.1. The summed E-state index contributed by atoms with van der Waals surface area (Å²) in [5.41, 5.74) is 1.07. The van der Waals surface area contributed by atoms with Crippen LogP contribution in [0.1, 0.15) is 17.3 Å². The molecule has 0 aliphatic carbocycles. The predicted molar refractivity (Wildman–Crippen MR) is 96.1 cm³/mol. The number of amides is 2. The number of esters is 1. The van der Waals surface area contributed by atoms with E-state index in [1.54, 1.807) is 30.3 Å². The number of rotatable bonds is 5. The average Bonchev–Trinajstić information content (AvgIpc) is 2.55. The zero-order valence-corrected chi connectivity index (χ0v) is 14.6. The highest BCUT2D eigenvalue weighted by Crippen LogP contribution is 2.26. The van der Waals surface area contributed by atoms with E-state index in [9.17, 15) is 14.4 Å². The van der Waals surface area contributed by atoms with Crippen molar-refractivity contribution in [2.75, 3.05) is 17.2 Å². The molecule has 0 aliphatic rings. The van der Waals surface area contributed by atoms with Gasteiger partial charge in [0.25, 0.3) is 5.91 Å². The van der Waals surface area contributed by atoms with Crippen LogP contribution in [0.4, 0.5) is 11.4 Å². The summed E-state index contributed by atoms with van der Waals surface area (Å²) in [4.78, 5) is 34.9. The third-order valence-corrected chi connectivity index (χ3v) is 3.79. The fraction of sp³-hybridized carbons (Fsp3) is 0.118. The smallest absolute Gasteiger partial charge is 0.340 e. The Morgan fingerprint density at radius 1 is 1.00 bits per heavy atom. The first-order chi connectivity index (χ1) is 11.9. The second-order valence-electron chi connectivity index (χ2n) is 4.99. The van der Waals surface area contributed by atoms with Crippen molar-refractivity contribution >= 4 is 52.4 Å². The standard InChI is InChI=1S/C17H14Cl2N2O4/c1-10(22)20-11-4-2-5-12(8-11)21-15(23)9-25-17(24)13-6-3-7-14(18)16(13)19/h2-8H,9H2,1H3,(H,20,22)(H,21,23). The Balaban J connectivity index is 1.93. The van der Waals surface area contributed by atoms with Crippen LogP contribution < -0.4 is 10.6 Å². The van der Waals surface area contributed by atoms with Crippen molar-refractivity contribution in [1.29, 1.82) is 0 Å². The molecule has 130 valence electrons. The van der Waals surface area contributed by atoms with E-state index >= 15 is 0 Å². The van der Waals surface area contributed by atoms with Crippen molar-refractivity contribution in [2.24, 2.45) is 0 Å². The van der Waals surface area contributed by atoms with Gasteiger partial charge in [-0.15, -0.1) is 0 Å². The molecule has 6 nitrogen and oxygen atoms in total. The maximum absolute atomic E-state index is 12.0. The van der Waals surface area contributed by atoms with Gasteiger partial charge >= 0.3 is 5.97 Å². The maximum Gasteiger partial charge on any atom is 0.340 e. The van der Waals surface area contributed by atoms with E-state index in [0.29, 0.717) is 11.4 Å². The van der Waals surface area contributed by atoms with Crippen molar-refractivity contribution in [3.63, 3.8) is 0 Å². The summed E-state index contributed by atoms with van der Waals surface area (Å²) in [5.74, 6) is -1.52. The van der Waals surface area contributed by atoms with E-state index in [-0.39, 0.29) is 21.5 Å². The lowest BCUT2D eigenvalue weighted by Crippen LogP contribution is -2.21. The summed E-state index contributed by atoms with van der Waals surface area (Å²) < 4.78 is 4.93. The zero-order chi connectivity index (χ0) is 18.4. The Morgan fingerprint density at radius 3 is 2.32 bits per heavy atom. The Morgan fingerprint density at radius 2 is 1.64 bits per heavy atom. The summed E-state index contributed by atoms with van der Waals surface area (Å²) in [6.07, 6.45) is 0. The average molecular weight is 381 g/mol. The van der Waals surface area contributed by atoms with Crippen molar-refractivity contribution in [2.45, 2.75) is 6.92 Å². The number of carbonyl (C=O) groups excluding carboxylic acids is 3. The Bertz CT molecular complexity index is 824. The molecule has 0 unspecified atom stereocenters. The van der Waals surface area contributed by atoms with Crippen molar-refractivity contribution in [1.82, 2.24) is 0 Å². The van der Waals surface area contributed by atoms with Crippen molar-refractivity contribution < 1.29 is 19.1 Å². The van der Waals surface area contributed by atoms with E-state index in [0.717, 1.165) is 0 Å². The molecule has 0 aliphatic heterocycles.